The Bertz CT molecular complexity index is 622. The second kappa shape index (κ2) is 7.99. The molecule has 2 heterocycles. The Hall–Kier alpha value is -1.89. The number of likely N-dealkylation sites (N-methyl/N-ethyl adjacent to an activating group) is 1. The van der Waals surface area contributed by atoms with Crippen molar-refractivity contribution >= 4 is 29.1 Å². The number of carbonyl (C=O) groups excluding carboxylic acids is 3. The molecule has 25 heavy (non-hydrogen) atoms. The summed E-state index contributed by atoms with van der Waals surface area (Å²) in [6, 6.07) is 1.19. The average Bonchev–Trinajstić information content (AvgIpc) is 3.15. The second-order valence-electron chi connectivity index (χ2n) is 7.43. The molecular weight excluding hydrogens is 338 g/mol. The first kappa shape index (κ1) is 19.4. The molecule has 2 atom stereocenters. The summed E-state index contributed by atoms with van der Waals surface area (Å²) in [4.78, 5) is 38.9. The van der Waals surface area contributed by atoms with E-state index in [1.165, 1.54) is 0 Å². The van der Waals surface area contributed by atoms with Crippen molar-refractivity contribution in [1.82, 2.24) is 15.5 Å². The van der Waals surface area contributed by atoms with Gasteiger partial charge in [-0.2, -0.15) is 11.3 Å². The molecule has 2 N–H and O–H groups in total. The summed E-state index contributed by atoms with van der Waals surface area (Å²) >= 11 is 1.56. The Morgan fingerprint density at radius 1 is 1.32 bits per heavy atom. The standard InChI is InChI=1S/C18H27N3O3S/c1-5-19-16(23)14-9-13(10-21(14)17(24)18(2,3)4)20-15(22)8-12-6-7-25-11-12/h6-7,11,13-14H,5,8-10H2,1-4H3,(H,19,23)(H,20,22)/t13-,14+/m1/s1. The average molecular weight is 365 g/mol. The van der Waals surface area contributed by atoms with Crippen LogP contribution in [-0.2, 0) is 20.8 Å². The summed E-state index contributed by atoms with van der Waals surface area (Å²) in [5.74, 6) is -0.309. The number of nitrogens with zero attached hydrogens (tertiary/aromatic N) is 1. The molecule has 2 rings (SSSR count). The minimum atomic E-state index is -0.569. The lowest BCUT2D eigenvalue weighted by molar-refractivity contribution is -0.144. The SMILES string of the molecule is CCNC(=O)[C@@H]1C[C@@H](NC(=O)Cc2ccsc2)CN1C(=O)C(C)(C)C. The lowest BCUT2D eigenvalue weighted by Gasteiger charge is -2.30. The van der Waals surface area contributed by atoms with Crippen molar-refractivity contribution in [3.05, 3.63) is 22.4 Å². The van der Waals surface area contributed by atoms with Gasteiger partial charge in [0.1, 0.15) is 6.04 Å². The zero-order valence-electron chi connectivity index (χ0n) is 15.3. The maximum atomic E-state index is 12.7. The minimum absolute atomic E-state index is 0.0710. The van der Waals surface area contributed by atoms with Gasteiger partial charge in [-0.1, -0.05) is 20.8 Å². The van der Waals surface area contributed by atoms with Crippen LogP contribution in [0.1, 0.15) is 39.7 Å². The molecule has 1 fully saturated rings. The highest BCUT2D eigenvalue weighted by Crippen LogP contribution is 2.26. The maximum absolute atomic E-state index is 12.7. The number of amides is 3. The van der Waals surface area contributed by atoms with Gasteiger partial charge in [0.25, 0.3) is 0 Å². The lowest BCUT2D eigenvalue weighted by Crippen LogP contribution is -2.49. The van der Waals surface area contributed by atoms with Crippen molar-refractivity contribution in [3.8, 4) is 0 Å². The van der Waals surface area contributed by atoms with E-state index >= 15 is 0 Å². The van der Waals surface area contributed by atoms with Gasteiger partial charge in [0, 0.05) is 24.5 Å². The molecule has 6 nitrogen and oxygen atoms in total. The summed E-state index contributed by atoms with van der Waals surface area (Å²) < 4.78 is 0. The van der Waals surface area contributed by atoms with Crippen LogP contribution in [0.4, 0.5) is 0 Å². The first-order valence-electron chi connectivity index (χ1n) is 8.61. The fraction of sp³-hybridized carbons (Fsp3) is 0.611. The predicted octanol–water partition coefficient (Wildman–Crippen LogP) is 1.56. The van der Waals surface area contributed by atoms with Crippen LogP contribution in [0, 0.1) is 5.41 Å². The molecule has 0 bridgehead atoms. The van der Waals surface area contributed by atoms with E-state index in [4.69, 9.17) is 0 Å². The molecule has 0 aliphatic carbocycles. The Balaban J connectivity index is 2.05. The van der Waals surface area contributed by atoms with Crippen LogP contribution in [-0.4, -0.2) is 47.8 Å². The molecular formula is C18H27N3O3S. The molecule has 1 aliphatic heterocycles. The molecule has 1 aromatic heterocycles. The smallest absolute Gasteiger partial charge is 0.242 e. The molecule has 7 heteroatoms. The molecule has 1 aromatic rings. The molecule has 3 amide bonds. The van der Waals surface area contributed by atoms with Gasteiger partial charge in [-0.25, -0.2) is 0 Å². The highest BCUT2D eigenvalue weighted by molar-refractivity contribution is 7.08. The van der Waals surface area contributed by atoms with Crippen LogP contribution in [0.2, 0.25) is 0 Å². The molecule has 1 aliphatic rings. The largest absolute Gasteiger partial charge is 0.355 e. The number of rotatable bonds is 5. The van der Waals surface area contributed by atoms with Gasteiger partial charge in [0.2, 0.25) is 17.7 Å². The molecule has 0 spiro atoms. The van der Waals surface area contributed by atoms with Gasteiger partial charge >= 0.3 is 0 Å². The van der Waals surface area contributed by atoms with E-state index < -0.39 is 11.5 Å². The van der Waals surface area contributed by atoms with Gasteiger partial charge in [0.05, 0.1) is 6.42 Å². The predicted molar refractivity (Wildman–Crippen MR) is 98.2 cm³/mol. The van der Waals surface area contributed by atoms with Gasteiger partial charge < -0.3 is 15.5 Å². The van der Waals surface area contributed by atoms with E-state index in [1.807, 2.05) is 44.5 Å². The molecule has 0 radical (unpaired) electrons. The molecule has 0 saturated carbocycles. The van der Waals surface area contributed by atoms with Gasteiger partial charge in [-0.15, -0.1) is 0 Å². The number of hydrogen-bond acceptors (Lipinski definition) is 4. The third-order valence-corrected chi connectivity index (χ3v) is 4.90. The van der Waals surface area contributed by atoms with E-state index in [0.29, 0.717) is 25.9 Å². The van der Waals surface area contributed by atoms with E-state index in [9.17, 15) is 14.4 Å². The molecule has 138 valence electrons. The monoisotopic (exact) mass is 365 g/mol. The quantitative estimate of drug-likeness (QED) is 0.831. The normalized spacial score (nSPS) is 20.4. The van der Waals surface area contributed by atoms with Crippen molar-refractivity contribution in [2.24, 2.45) is 5.41 Å². The van der Waals surface area contributed by atoms with Crippen LogP contribution in [0.15, 0.2) is 16.8 Å². The lowest BCUT2D eigenvalue weighted by atomic mass is 9.94. The third-order valence-electron chi connectivity index (χ3n) is 4.17. The number of thiophene rings is 1. The Kier molecular flexibility index (Phi) is 6.21. The first-order chi connectivity index (χ1) is 11.7. The summed E-state index contributed by atoms with van der Waals surface area (Å²) in [5, 5.41) is 9.65. The van der Waals surface area contributed by atoms with Crippen LogP contribution < -0.4 is 10.6 Å². The fourth-order valence-corrected chi connectivity index (χ4v) is 3.66. The zero-order valence-corrected chi connectivity index (χ0v) is 16.1. The Morgan fingerprint density at radius 3 is 2.60 bits per heavy atom. The number of likely N-dealkylation sites (tertiary alicyclic amines) is 1. The summed E-state index contributed by atoms with van der Waals surface area (Å²) in [6.45, 7) is 8.25. The Labute approximate surface area is 153 Å². The van der Waals surface area contributed by atoms with E-state index in [0.717, 1.165) is 5.56 Å². The highest BCUT2D eigenvalue weighted by Gasteiger charge is 2.42. The van der Waals surface area contributed by atoms with E-state index in [-0.39, 0.29) is 23.8 Å². The van der Waals surface area contributed by atoms with Crippen molar-refractivity contribution < 1.29 is 14.4 Å². The van der Waals surface area contributed by atoms with Crippen molar-refractivity contribution in [2.75, 3.05) is 13.1 Å². The number of nitrogens with one attached hydrogen (secondary N) is 2. The van der Waals surface area contributed by atoms with Gasteiger partial charge in [-0.05, 0) is 35.7 Å². The van der Waals surface area contributed by atoms with Crippen molar-refractivity contribution in [1.29, 1.82) is 0 Å². The van der Waals surface area contributed by atoms with Gasteiger partial charge in [-0.3, -0.25) is 14.4 Å². The third kappa shape index (κ3) is 5.04. The minimum Gasteiger partial charge on any atom is -0.355 e. The van der Waals surface area contributed by atoms with Crippen LogP contribution in [0.25, 0.3) is 0 Å². The molecule has 1 saturated heterocycles. The molecule has 0 unspecified atom stereocenters. The summed E-state index contributed by atoms with van der Waals surface area (Å²) in [5.41, 5.74) is 0.406. The van der Waals surface area contributed by atoms with Crippen molar-refractivity contribution in [3.63, 3.8) is 0 Å². The van der Waals surface area contributed by atoms with Crippen LogP contribution in [0.5, 0.6) is 0 Å². The zero-order chi connectivity index (χ0) is 18.6. The topological polar surface area (TPSA) is 78.5 Å². The second-order valence-corrected chi connectivity index (χ2v) is 8.21. The van der Waals surface area contributed by atoms with Crippen LogP contribution in [0.3, 0.4) is 0 Å². The van der Waals surface area contributed by atoms with E-state index in [2.05, 4.69) is 10.6 Å². The summed E-state index contributed by atoms with van der Waals surface area (Å²) in [6.07, 6.45) is 0.766. The molecule has 0 aromatic carbocycles. The van der Waals surface area contributed by atoms with Crippen molar-refractivity contribution in [2.45, 2.75) is 52.6 Å². The van der Waals surface area contributed by atoms with E-state index in [1.54, 1.807) is 16.2 Å². The number of hydrogen-bond donors (Lipinski definition) is 2. The fourth-order valence-electron chi connectivity index (χ4n) is 2.99. The highest BCUT2D eigenvalue weighted by atomic mass is 32.1. The Morgan fingerprint density at radius 2 is 2.04 bits per heavy atom. The van der Waals surface area contributed by atoms with Crippen LogP contribution >= 0.6 is 11.3 Å². The number of carbonyl (C=O) groups is 3. The van der Waals surface area contributed by atoms with Gasteiger partial charge in [0.15, 0.2) is 0 Å². The maximum Gasteiger partial charge on any atom is 0.242 e. The summed E-state index contributed by atoms with van der Waals surface area (Å²) in [7, 11) is 0. The first-order valence-corrected chi connectivity index (χ1v) is 9.56.